The Morgan fingerprint density at radius 1 is 1.26 bits per heavy atom. The molecule has 194 valence electrons. The van der Waals surface area contributed by atoms with Gasteiger partial charge in [0, 0.05) is 47.4 Å². The van der Waals surface area contributed by atoms with Crippen molar-refractivity contribution >= 4 is 12.2 Å². The molecule has 38 heavy (non-hydrogen) atoms. The topological polar surface area (TPSA) is 145 Å². The number of nitrogens with zero attached hydrogens (tertiary/aromatic N) is 6. The minimum absolute atomic E-state index is 0.00476. The maximum absolute atomic E-state index is 14.3. The first kappa shape index (κ1) is 26.1. The van der Waals surface area contributed by atoms with Crippen LogP contribution in [0.25, 0.3) is 16.8 Å². The van der Waals surface area contributed by atoms with Crippen LogP contribution >= 0.6 is 0 Å². The SMILES string of the molecule is CCC(c1cnn(-c2ccc(F)cc2F)c1)c1[nH]c(C(N)=NC=N)c(-c2cnc(C(F)(F)F)nc2)c1C#N. The summed E-state index contributed by atoms with van der Waals surface area (Å²) in [6, 6.07) is 5.10. The molecule has 0 aliphatic rings. The Morgan fingerprint density at radius 2 is 1.97 bits per heavy atom. The van der Waals surface area contributed by atoms with E-state index >= 15 is 0 Å². The summed E-state index contributed by atoms with van der Waals surface area (Å²) in [6.45, 7) is 1.82. The number of nitriles is 1. The molecule has 4 N–H and O–H groups in total. The predicted molar refractivity (Wildman–Crippen MR) is 127 cm³/mol. The first-order chi connectivity index (χ1) is 18.1. The fourth-order valence-corrected chi connectivity index (χ4v) is 4.04. The smallest absolute Gasteiger partial charge is 0.382 e. The zero-order valence-electron chi connectivity index (χ0n) is 19.6. The zero-order chi connectivity index (χ0) is 27.6. The third kappa shape index (κ3) is 4.85. The summed E-state index contributed by atoms with van der Waals surface area (Å²) in [4.78, 5) is 13.5. The molecule has 0 saturated carbocycles. The van der Waals surface area contributed by atoms with Crippen LogP contribution in [0.15, 0.2) is 48.0 Å². The number of aliphatic imine (C=N–C) groups is 1. The van der Waals surface area contributed by atoms with Gasteiger partial charge in [0.1, 0.15) is 29.7 Å². The summed E-state index contributed by atoms with van der Waals surface area (Å²) >= 11 is 0. The van der Waals surface area contributed by atoms with Crippen LogP contribution in [0, 0.1) is 28.4 Å². The molecular formula is C24H18F5N9. The fourth-order valence-electron chi connectivity index (χ4n) is 4.04. The molecule has 0 fully saturated rings. The molecule has 4 rings (SSSR count). The van der Waals surface area contributed by atoms with E-state index in [9.17, 15) is 27.2 Å². The van der Waals surface area contributed by atoms with Crippen molar-refractivity contribution in [3.63, 3.8) is 0 Å². The van der Waals surface area contributed by atoms with Gasteiger partial charge in [-0.25, -0.2) is 28.4 Å². The van der Waals surface area contributed by atoms with Gasteiger partial charge in [0.15, 0.2) is 5.82 Å². The van der Waals surface area contributed by atoms with E-state index in [1.807, 2.05) is 6.92 Å². The largest absolute Gasteiger partial charge is 0.451 e. The lowest BCUT2D eigenvalue weighted by atomic mass is 9.91. The van der Waals surface area contributed by atoms with Crippen LogP contribution in [0.4, 0.5) is 22.0 Å². The van der Waals surface area contributed by atoms with E-state index in [1.165, 1.54) is 23.1 Å². The monoisotopic (exact) mass is 527 g/mol. The van der Waals surface area contributed by atoms with Gasteiger partial charge in [-0.15, -0.1) is 0 Å². The Labute approximate surface area is 212 Å². The number of aromatic nitrogens is 5. The predicted octanol–water partition coefficient (Wildman–Crippen LogP) is 4.68. The standard InChI is InChI=1S/C24H18F5N9/c1-2-15(13-9-36-38(10-13)18-4-3-14(25)5-17(18)26)20-16(6-30)19(21(37-20)22(32)35-11-31)12-7-33-23(34-8-12)24(27,28)29/h3-5,7-11,15,37H,2H2,1H3,(H3,31,32,35). The van der Waals surface area contributed by atoms with Gasteiger partial charge in [-0.1, -0.05) is 6.92 Å². The number of halogens is 5. The summed E-state index contributed by atoms with van der Waals surface area (Å²) in [7, 11) is 0. The Hall–Kier alpha value is -4.93. The van der Waals surface area contributed by atoms with Crippen molar-refractivity contribution in [2.24, 2.45) is 10.7 Å². The highest BCUT2D eigenvalue weighted by molar-refractivity contribution is 6.06. The molecule has 14 heteroatoms. The third-order valence-electron chi connectivity index (χ3n) is 5.71. The van der Waals surface area contributed by atoms with E-state index in [2.05, 4.69) is 31.1 Å². The van der Waals surface area contributed by atoms with Gasteiger partial charge in [-0.3, -0.25) is 5.41 Å². The van der Waals surface area contributed by atoms with Crippen molar-refractivity contribution in [3.8, 4) is 22.9 Å². The second kappa shape index (κ2) is 10.2. The summed E-state index contributed by atoms with van der Waals surface area (Å²) < 4.78 is 67.8. The fraction of sp³-hybridized carbons (Fsp3) is 0.167. The Bertz CT molecular complexity index is 1560. The molecule has 4 aromatic rings. The summed E-state index contributed by atoms with van der Waals surface area (Å²) in [5.74, 6) is -3.65. The molecule has 0 amide bonds. The molecule has 9 nitrogen and oxygen atoms in total. The van der Waals surface area contributed by atoms with Crippen LogP contribution < -0.4 is 5.73 Å². The van der Waals surface area contributed by atoms with Gasteiger partial charge in [0.2, 0.25) is 5.82 Å². The highest BCUT2D eigenvalue weighted by Crippen LogP contribution is 2.37. The molecule has 1 unspecified atom stereocenters. The molecule has 0 spiro atoms. The first-order valence-corrected chi connectivity index (χ1v) is 11.0. The highest BCUT2D eigenvalue weighted by atomic mass is 19.4. The zero-order valence-corrected chi connectivity index (χ0v) is 19.6. The minimum Gasteiger partial charge on any atom is -0.382 e. The lowest BCUT2D eigenvalue weighted by Gasteiger charge is -2.12. The molecule has 3 heterocycles. The van der Waals surface area contributed by atoms with E-state index in [4.69, 9.17) is 11.1 Å². The van der Waals surface area contributed by atoms with Crippen molar-refractivity contribution in [1.29, 1.82) is 10.7 Å². The van der Waals surface area contributed by atoms with Gasteiger partial charge >= 0.3 is 6.18 Å². The van der Waals surface area contributed by atoms with Crippen molar-refractivity contribution < 1.29 is 22.0 Å². The summed E-state index contributed by atoms with van der Waals surface area (Å²) in [5.41, 5.74) is 7.20. The van der Waals surface area contributed by atoms with Crippen molar-refractivity contribution in [1.82, 2.24) is 24.7 Å². The molecule has 3 aromatic heterocycles. The molecule has 0 radical (unpaired) electrons. The second-order valence-electron chi connectivity index (χ2n) is 7.99. The number of H-pyrrole nitrogens is 1. The number of alkyl halides is 3. The van der Waals surface area contributed by atoms with Crippen LogP contribution in [0.2, 0.25) is 0 Å². The van der Waals surface area contributed by atoms with Gasteiger partial charge in [-0.05, 0) is 24.1 Å². The van der Waals surface area contributed by atoms with Crippen LogP contribution in [0.3, 0.4) is 0 Å². The highest BCUT2D eigenvalue weighted by Gasteiger charge is 2.35. The normalized spacial score (nSPS) is 12.8. The summed E-state index contributed by atoms with van der Waals surface area (Å²) in [5, 5.41) is 21.5. The molecule has 1 aromatic carbocycles. The number of rotatable bonds is 7. The maximum Gasteiger partial charge on any atom is 0.451 e. The second-order valence-corrected chi connectivity index (χ2v) is 7.99. The molecule has 0 saturated heterocycles. The number of hydrogen-bond donors (Lipinski definition) is 3. The van der Waals surface area contributed by atoms with Gasteiger partial charge in [0.05, 0.1) is 17.5 Å². The van der Waals surface area contributed by atoms with Gasteiger partial charge in [0.25, 0.3) is 0 Å². The van der Waals surface area contributed by atoms with E-state index in [0.29, 0.717) is 24.0 Å². The third-order valence-corrected chi connectivity index (χ3v) is 5.71. The minimum atomic E-state index is -4.76. The van der Waals surface area contributed by atoms with E-state index in [1.54, 1.807) is 0 Å². The Kier molecular flexibility index (Phi) is 7.02. The maximum atomic E-state index is 14.3. The van der Waals surface area contributed by atoms with Crippen LogP contribution in [0.5, 0.6) is 0 Å². The van der Waals surface area contributed by atoms with Gasteiger partial charge < -0.3 is 10.7 Å². The number of nitrogens with two attached hydrogens (primary N) is 1. The van der Waals surface area contributed by atoms with Crippen LogP contribution in [-0.2, 0) is 6.18 Å². The van der Waals surface area contributed by atoms with Gasteiger partial charge in [-0.2, -0.15) is 23.5 Å². The van der Waals surface area contributed by atoms with E-state index in [-0.39, 0.29) is 33.9 Å². The van der Waals surface area contributed by atoms with E-state index < -0.39 is 29.6 Å². The van der Waals surface area contributed by atoms with Crippen molar-refractivity contribution in [2.75, 3.05) is 0 Å². The quantitative estimate of drug-likeness (QED) is 0.182. The molecule has 0 aliphatic carbocycles. The number of nitrogens with one attached hydrogen (secondary N) is 2. The van der Waals surface area contributed by atoms with Crippen LogP contribution in [0.1, 0.15) is 47.6 Å². The Balaban J connectivity index is 1.86. The van der Waals surface area contributed by atoms with Crippen molar-refractivity contribution in [3.05, 3.63) is 83.0 Å². The Morgan fingerprint density at radius 3 is 2.55 bits per heavy atom. The molecule has 0 aliphatic heterocycles. The van der Waals surface area contributed by atoms with E-state index in [0.717, 1.165) is 24.5 Å². The average molecular weight is 527 g/mol. The molecular weight excluding hydrogens is 509 g/mol. The lowest BCUT2D eigenvalue weighted by molar-refractivity contribution is -0.144. The number of hydrogen-bond acceptors (Lipinski definition) is 5. The first-order valence-electron chi connectivity index (χ1n) is 11.0. The molecule has 1 atom stereocenters. The summed E-state index contributed by atoms with van der Waals surface area (Å²) in [6.07, 6.45) is 1.13. The lowest BCUT2D eigenvalue weighted by Crippen LogP contribution is -2.16. The number of benzene rings is 1. The van der Waals surface area contributed by atoms with Crippen molar-refractivity contribution in [2.45, 2.75) is 25.4 Å². The van der Waals surface area contributed by atoms with Crippen LogP contribution in [-0.4, -0.2) is 36.9 Å². The number of aromatic amines is 1. The molecule has 0 bridgehead atoms. The average Bonchev–Trinajstić information content (AvgIpc) is 3.50. The number of amidine groups is 1.